The van der Waals surface area contributed by atoms with Gasteiger partial charge < -0.3 is 14.9 Å². The van der Waals surface area contributed by atoms with Gasteiger partial charge in [-0.15, -0.1) is 0 Å². The van der Waals surface area contributed by atoms with E-state index in [2.05, 4.69) is 32.1 Å². The van der Waals surface area contributed by atoms with E-state index in [1.807, 2.05) is 43.9 Å². The van der Waals surface area contributed by atoms with Crippen LogP contribution in [-0.2, 0) is 4.79 Å². The second-order valence-electron chi connectivity index (χ2n) is 10.1. The van der Waals surface area contributed by atoms with Gasteiger partial charge in [-0.1, -0.05) is 50.3 Å². The number of carbonyl (C=O) groups is 2. The smallest absolute Gasteiger partial charge is 0.407 e. The molecule has 1 aromatic rings. The van der Waals surface area contributed by atoms with Crippen LogP contribution in [0.2, 0.25) is 0 Å². The molecule has 2 aliphatic rings. The number of hydrogen-bond acceptors (Lipinski definition) is 2. The van der Waals surface area contributed by atoms with Gasteiger partial charge in [0.15, 0.2) is 0 Å². The number of rotatable bonds is 4. The second-order valence-corrected chi connectivity index (χ2v) is 10.1. The van der Waals surface area contributed by atoms with Crippen molar-refractivity contribution < 1.29 is 14.7 Å². The summed E-state index contributed by atoms with van der Waals surface area (Å²) in [6, 6.07) is 10.2. The topological polar surface area (TPSA) is 60.9 Å². The van der Waals surface area contributed by atoms with Gasteiger partial charge in [0.1, 0.15) is 0 Å². The molecule has 30 heavy (non-hydrogen) atoms. The summed E-state index contributed by atoms with van der Waals surface area (Å²) >= 11 is 0. The van der Waals surface area contributed by atoms with Gasteiger partial charge in [0.25, 0.3) is 0 Å². The normalized spacial score (nSPS) is 24.7. The minimum absolute atomic E-state index is 0.117. The first-order valence-electron chi connectivity index (χ1n) is 11.1. The zero-order valence-corrected chi connectivity index (χ0v) is 19.0. The monoisotopic (exact) mass is 412 g/mol. The van der Waals surface area contributed by atoms with Crippen molar-refractivity contribution in [2.75, 3.05) is 13.1 Å². The molecule has 1 aliphatic carbocycles. The Morgan fingerprint density at radius 2 is 1.87 bits per heavy atom. The van der Waals surface area contributed by atoms with Crippen LogP contribution in [0.15, 0.2) is 36.4 Å². The van der Waals surface area contributed by atoms with E-state index in [0.717, 1.165) is 25.8 Å². The third kappa shape index (κ3) is 4.26. The first kappa shape index (κ1) is 22.4. The van der Waals surface area contributed by atoms with Gasteiger partial charge in [-0.25, -0.2) is 4.79 Å². The summed E-state index contributed by atoms with van der Waals surface area (Å²) in [5, 5.41) is 9.83. The van der Waals surface area contributed by atoms with Crippen molar-refractivity contribution in [2.24, 2.45) is 11.3 Å². The number of carboxylic acid groups (broad SMARTS) is 1. The maximum Gasteiger partial charge on any atom is 0.407 e. The fourth-order valence-electron chi connectivity index (χ4n) is 5.31. The van der Waals surface area contributed by atoms with E-state index in [4.69, 9.17) is 0 Å². The highest BCUT2D eigenvalue weighted by Crippen LogP contribution is 2.48. The highest BCUT2D eigenvalue weighted by molar-refractivity contribution is 5.85. The molecule has 0 bridgehead atoms. The highest BCUT2D eigenvalue weighted by atomic mass is 16.4. The van der Waals surface area contributed by atoms with Crippen molar-refractivity contribution in [1.82, 2.24) is 9.80 Å². The largest absolute Gasteiger partial charge is 0.465 e. The summed E-state index contributed by atoms with van der Waals surface area (Å²) in [6.07, 6.45) is 4.24. The van der Waals surface area contributed by atoms with Crippen LogP contribution in [0.5, 0.6) is 0 Å². The van der Waals surface area contributed by atoms with Crippen molar-refractivity contribution in [3.63, 3.8) is 0 Å². The number of carbonyl (C=O) groups excluding carboxylic acids is 1. The van der Waals surface area contributed by atoms with Crippen LogP contribution in [0.4, 0.5) is 4.79 Å². The molecule has 5 heteroatoms. The molecule has 0 unspecified atom stereocenters. The average molecular weight is 413 g/mol. The van der Waals surface area contributed by atoms with Gasteiger partial charge in [-0.2, -0.15) is 0 Å². The van der Waals surface area contributed by atoms with Gasteiger partial charge in [0, 0.05) is 24.7 Å². The molecule has 2 amide bonds. The molecular formula is C25H36N2O3. The lowest BCUT2D eigenvalue weighted by atomic mass is 9.73. The van der Waals surface area contributed by atoms with Gasteiger partial charge in [-0.05, 0) is 63.5 Å². The lowest BCUT2D eigenvalue weighted by Crippen LogP contribution is -2.52. The Bertz CT molecular complexity index is 809. The van der Waals surface area contributed by atoms with Gasteiger partial charge in [0.05, 0.1) is 5.41 Å². The van der Waals surface area contributed by atoms with Crippen LogP contribution in [-0.4, -0.2) is 51.6 Å². The lowest BCUT2D eigenvalue weighted by Gasteiger charge is -2.41. The molecule has 2 atom stereocenters. The van der Waals surface area contributed by atoms with Crippen LogP contribution >= 0.6 is 0 Å². The van der Waals surface area contributed by atoms with Crippen LogP contribution in [0.3, 0.4) is 0 Å². The van der Waals surface area contributed by atoms with Crippen molar-refractivity contribution in [3.05, 3.63) is 42.0 Å². The van der Waals surface area contributed by atoms with Crippen molar-refractivity contribution in [2.45, 2.75) is 71.9 Å². The Morgan fingerprint density at radius 3 is 2.37 bits per heavy atom. The summed E-state index contributed by atoms with van der Waals surface area (Å²) < 4.78 is 0. The van der Waals surface area contributed by atoms with E-state index in [-0.39, 0.29) is 17.9 Å². The average Bonchev–Trinajstić information content (AvgIpc) is 3.12. The fraction of sp³-hybridized carbons (Fsp3) is 0.600. The Kier molecular flexibility index (Phi) is 6.30. The van der Waals surface area contributed by atoms with E-state index in [0.29, 0.717) is 13.0 Å². The molecule has 1 aromatic carbocycles. The SMILES string of the molecule is CC(C)[C@]1(C(=O)N2CC=C(c3ccccc3)CC2)CC[C@@H](N(C(=O)O)C(C)(C)C)C1. The van der Waals surface area contributed by atoms with E-state index in [1.54, 1.807) is 4.90 Å². The summed E-state index contributed by atoms with van der Waals surface area (Å²) in [5.74, 6) is 0.368. The molecule has 0 radical (unpaired) electrons. The van der Waals surface area contributed by atoms with Crippen LogP contribution < -0.4 is 0 Å². The highest BCUT2D eigenvalue weighted by Gasteiger charge is 2.52. The third-order valence-electron chi connectivity index (χ3n) is 6.99. The first-order valence-corrected chi connectivity index (χ1v) is 11.1. The number of benzene rings is 1. The quantitative estimate of drug-likeness (QED) is 0.732. The minimum Gasteiger partial charge on any atom is -0.465 e. The molecule has 1 heterocycles. The molecule has 5 nitrogen and oxygen atoms in total. The number of nitrogens with zero attached hydrogens (tertiary/aromatic N) is 2. The zero-order valence-electron chi connectivity index (χ0n) is 19.0. The molecule has 1 fully saturated rings. The minimum atomic E-state index is -0.895. The predicted octanol–water partition coefficient (Wildman–Crippen LogP) is 5.28. The molecule has 1 N–H and O–H groups in total. The van der Waals surface area contributed by atoms with Crippen molar-refractivity contribution in [3.8, 4) is 0 Å². The van der Waals surface area contributed by atoms with Gasteiger partial charge >= 0.3 is 6.09 Å². The lowest BCUT2D eigenvalue weighted by molar-refractivity contribution is -0.144. The Hall–Kier alpha value is -2.30. The Balaban J connectivity index is 1.78. The van der Waals surface area contributed by atoms with Gasteiger partial charge in [0.2, 0.25) is 5.91 Å². The third-order valence-corrected chi connectivity index (χ3v) is 6.99. The van der Waals surface area contributed by atoms with E-state index in [1.165, 1.54) is 11.1 Å². The second kappa shape index (κ2) is 8.44. The maximum atomic E-state index is 13.7. The predicted molar refractivity (Wildman–Crippen MR) is 120 cm³/mol. The standard InChI is InChI=1S/C25H36N2O3/c1-18(2)25(14-11-21(17-25)27(23(29)30)24(3,4)5)22(28)26-15-12-20(13-16-26)19-9-7-6-8-10-19/h6-10,12,18,21H,11,13-17H2,1-5H3,(H,29,30)/t21-,25+/m1/s1. The van der Waals surface area contributed by atoms with E-state index < -0.39 is 17.0 Å². The molecule has 1 aliphatic heterocycles. The van der Waals surface area contributed by atoms with E-state index >= 15 is 0 Å². The molecule has 1 saturated carbocycles. The van der Waals surface area contributed by atoms with Crippen LogP contribution in [0.25, 0.3) is 5.57 Å². The van der Waals surface area contributed by atoms with Crippen LogP contribution in [0, 0.1) is 11.3 Å². The van der Waals surface area contributed by atoms with Crippen molar-refractivity contribution >= 4 is 17.6 Å². The molecule has 3 rings (SSSR count). The number of amides is 2. The molecule has 0 aromatic heterocycles. The van der Waals surface area contributed by atoms with Gasteiger partial charge in [-0.3, -0.25) is 4.79 Å². The zero-order chi connectivity index (χ0) is 22.1. The van der Waals surface area contributed by atoms with Crippen molar-refractivity contribution in [1.29, 1.82) is 0 Å². The Morgan fingerprint density at radius 1 is 1.20 bits per heavy atom. The number of hydrogen-bond donors (Lipinski definition) is 1. The molecule has 164 valence electrons. The summed E-state index contributed by atoms with van der Waals surface area (Å²) in [7, 11) is 0. The molecule has 0 spiro atoms. The Labute approximate surface area is 180 Å². The summed E-state index contributed by atoms with van der Waals surface area (Å²) in [5.41, 5.74) is 1.56. The maximum absolute atomic E-state index is 13.7. The summed E-state index contributed by atoms with van der Waals surface area (Å²) in [4.78, 5) is 29.3. The molecular weight excluding hydrogens is 376 g/mol. The first-order chi connectivity index (χ1) is 14.1. The van der Waals surface area contributed by atoms with E-state index in [9.17, 15) is 14.7 Å². The molecule has 0 saturated heterocycles. The fourth-order valence-corrected chi connectivity index (χ4v) is 5.31. The summed E-state index contributed by atoms with van der Waals surface area (Å²) in [6.45, 7) is 11.4. The van der Waals surface area contributed by atoms with Crippen LogP contribution in [0.1, 0.15) is 65.9 Å².